The number of carbonyl (C=O) groups excluding carboxylic acids is 1. The molecule has 0 radical (unpaired) electrons. The Morgan fingerprint density at radius 3 is 3.00 bits per heavy atom. The van der Waals surface area contributed by atoms with Crippen molar-refractivity contribution in [3.63, 3.8) is 0 Å². The summed E-state index contributed by atoms with van der Waals surface area (Å²) in [6, 6.07) is 1.67. The Morgan fingerprint density at radius 1 is 1.50 bits per heavy atom. The van der Waals surface area contributed by atoms with E-state index in [1.807, 2.05) is 13.8 Å². The molecule has 0 spiro atoms. The summed E-state index contributed by atoms with van der Waals surface area (Å²) >= 11 is 0. The predicted molar refractivity (Wildman–Crippen MR) is 71.2 cm³/mol. The van der Waals surface area contributed by atoms with Crippen LogP contribution in [-0.4, -0.2) is 38.7 Å². The molecule has 0 unspecified atom stereocenters. The summed E-state index contributed by atoms with van der Waals surface area (Å²) in [5.41, 5.74) is 1.51. The van der Waals surface area contributed by atoms with Gasteiger partial charge in [0.25, 0.3) is 5.91 Å². The third-order valence-electron chi connectivity index (χ3n) is 3.48. The fourth-order valence-electron chi connectivity index (χ4n) is 2.42. The van der Waals surface area contributed by atoms with Gasteiger partial charge in [-0.25, -0.2) is 4.98 Å². The second kappa shape index (κ2) is 5.09. The van der Waals surface area contributed by atoms with Gasteiger partial charge in [-0.1, -0.05) is 0 Å². The van der Waals surface area contributed by atoms with E-state index in [1.54, 1.807) is 12.3 Å². The van der Waals surface area contributed by atoms with Gasteiger partial charge in [0.15, 0.2) is 5.82 Å². The molecule has 1 amide bonds. The topological polar surface area (TPSA) is 95.7 Å². The van der Waals surface area contributed by atoms with Crippen molar-refractivity contribution in [2.24, 2.45) is 0 Å². The Morgan fingerprint density at radius 2 is 2.35 bits per heavy atom. The van der Waals surface area contributed by atoms with Crippen LogP contribution in [0.25, 0.3) is 0 Å². The number of aromatic amines is 2. The third-order valence-corrected chi connectivity index (χ3v) is 3.48. The molecule has 106 valence electrons. The SMILES string of the molecule is Cc1nc([C@@H]2OCC[C@@H]2NC(=O)c2cc[nH]c2C)n[nH]1. The number of rotatable bonds is 3. The molecule has 1 aliphatic heterocycles. The average Bonchev–Trinajstić information content (AvgIpc) is 3.10. The van der Waals surface area contributed by atoms with Crippen LogP contribution in [-0.2, 0) is 4.74 Å². The Labute approximate surface area is 116 Å². The van der Waals surface area contributed by atoms with E-state index >= 15 is 0 Å². The van der Waals surface area contributed by atoms with Crippen molar-refractivity contribution in [3.05, 3.63) is 35.2 Å². The van der Waals surface area contributed by atoms with Crippen molar-refractivity contribution < 1.29 is 9.53 Å². The second-order valence-electron chi connectivity index (χ2n) is 4.96. The number of hydrogen-bond donors (Lipinski definition) is 3. The Balaban J connectivity index is 1.73. The summed E-state index contributed by atoms with van der Waals surface area (Å²) in [6.07, 6.45) is 2.22. The standard InChI is InChI=1S/C13H17N5O2/c1-7-9(3-5-14-7)13(19)16-10-4-6-20-11(10)12-15-8(2)17-18-12/h3,5,10-11,14H,4,6H2,1-2H3,(H,16,19)(H,15,17,18)/t10-,11+/m0/s1. The quantitative estimate of drug-likeness (QED) is 0.779. The van der Waals surface area contributed by atoms with Crippen LogP contribution in [0.1, 0.15) is 40.2 Å². The number of ether oxygens (including phenoxy) is 1. The summed E-state index contributed by atoms with van der Waals surface area (Å²) in [5, 5.41) is 9.92. The molecule has 3 rings (SSSR count). The molecule has 0 aromatic carbocycles. The van der Waals surface area contributed by atoms with E-state index in [9.17, 15) is 4.79 Å². The fraction of sp³-hybridized carbons (Fsp3) is 0.462. The highest BCUT2D eigenvalue weighted by Gasteiger charge is 2.34. The van der Waals surface area contributed by atoms with E-state index in [4.69, 9.17) is 4.74 Å². The monoisotopic (exact) mass is 275 g/mol. The highest BCUT2D eigenvalue weighted by molar-refractivity contribution is 5.95. The van der Waals surface area contributed by atoms with Crippen LogP contribution in [0.5, 0.6) is 0 Å². The maximum Gasteiger partial charge on any atom is 0.253 e. The van der Waals surface area contributed by atoms with Gasteiger partial charge in [-0.3, -0.25) is 9.89 Å². The maximum atomic E-state index is 12.2. The highest BCUT2D eigenvalue weighted by atomic mass is 16.5. The van der Waals surface area contributed by atoms with Crippen LogP contribution in [0.3, 0.4) is 0 Å². The zero-order chi connectivity index (χ0) is 14.1. The van der Waals surface area contributed by atoms with Crippen LogP contribution in [0, 0.1) is 13.8 Å². The number of nitrogens with zero attached hydrogens (tertiary/aromatic N) is 2. The lowest BCUT2D eigenvalue weighted by molar-refractivity contribution is 0.0791. The molecular formula is C13H17N5O2. The molecule has 7 nitrogen and oxygen atoms in total. The van der Waals surface area contributed by atoms with Gasteiger partial charge in [0, 0.05) is 18.5 Å². The molecule has 3 heterocycles. The van der Waals surface area contributed by atoms with E-state index in [-0.39, 0.29) is 18.1 Å². The normalized spacial score (nSPS) is 22.1. The number of H-pyrrole nitrogens is 2. The fourth-order valence-corrected chi connectivity index (χ4v) is 2.42. The van der Waals surface area contributed by atoms with Crippen LogP contribution >= 0.6 is 0 Å². The number of aryl methyl sites for hydroxylation is 2. The van der Waals surface area contributed by atoms with Crippen molar-refractivity contribution in [1.82, 2.24) is 25.5 Å². The van der Waals surface area contributed by atoms with Gasteiger partial charge in [0.05, 0.1) is 11.6 Å². The minimum Gasteiger partial charge on any atom is -0.368 e. The minimum atomic E-state index is -0.289. The van der Waals surface area contributed by atoms with Gasteiger partial charge < -0.3 is 15.0 Å². The summed E-state index contributed by atoms with van der Waals surface area (Å²) < 4.78 is 5.65. The third kappa shape index (κ3) is 2.32. The number of hydrogen-bond acceptors (Lipinski definition) is 4. The van der Waals surface area contributed by atoms with Gasteiger partial charge >= 0.3 is 0 Å². The predicted octanol–water partition coefficient (Wildman–Crippen LogP) is 1.01. The molecule has 0 aliphatic carbocycles. The number of aromatic nitrogens is 4. The first-order chi connectivity index (χ1) is 9.65. The largest absolute Gasteiger partial charge is 0.368 e. The average molecular weight is 275 g/mol. The van der Waals surface area contributed by atoms with Crippen LogP contribution in [0.15, 0.2) is 12.3 Å². The van der Waals surface area contributed by atoms with Crippen molar-refractivity contribution >= 4 is 5.91 Å². The molecule has 1 fully saturated rings. The molecule has 2 aromatic heterocycles. The molecule has 2 aromatic rings. The summed E-state index contributed by atoms with van der Waals surface area (Å²) in [7, 11) is 0. The van der Waals surface area contributed by atoms with Crippen molar-refractivity contribution in [3.8, 4) is 0 Å². The molecule has 0 saturated carbocycles. The lowest BCUT2D eigenvalue weighted by atomic mass is 10.1. The zero-order valence-electron chi connectivity index (χ0n) is 11.4. The Hall–Kier alpha value is -2.15. The molecule has 3 N–H and O–H groups in total. The van der Waals surface area contributed by atoms with Gasteiger partial charge in [-0.15, -0.1) is 0 Å². The molecule has 1 saturated heterocycles. The van der Waals surface area contributed by atoms with E-state index < -0.39 is 0 Å². The van der Waals surface area contributed by atoms with Crippen molar-refractivity contribution in [2.45, 2.75) is 32.4 Å². The molecule has 20 heavy (non-hydrogen) atoms. The first-order valence-corrected chi connectivity index (χ1v) is 6.60. The molecule has 1 aliphatic rings. The van der Waals surface area contributed by atoms with Crippen molar-refractivity contribution in [1.29, 1.82) is 0 Å². The first kappa shape index (κ1) is 12.9. The Kier molecular flexibility index (Phi) is 3.27. The van der Waals surface area contributed by atoms with E-state index in [0.29, 0.717) is 18.0 Å². The van der Waals surface area contributed by atoms with Crippen LogP contribution in [0.4, 0.5) is 0 Å². The van der Waals surface area contributed by atoms with E-state index in [0.717, 1.165) is 17.9 Å². The lowest BCUT2D eigenvalue weighted by Gasteiger charge is -2.17. The number of nitrogens with one attached hydrogen (secondary N) is 3. The summed E-state index contributed by atoms with van der Waals surface area (Å²) in [6.45, 7) is 4.30. The lowest BCUT2D eigenvalue weighted by Crippen LogP contribution is -2.37. The summed E-state index contributed by atoms with van der Waals surface area (Å²) in [5.74, 6) is 1.23. The minimum absolute atomic E-state index is 0.100. The van der Waals surface area contributed by atoms with Gasteiger partial charge in [0.1, 0.15) is 11.9 Å². The second-order valence-corrected chi connectivity index (χ2v) is 4.96. The molecule has 7 heteroatoms. The molecule has 0 bridgehead atoms. The maximum absolute atomic E-state index is 12.2. The number of carbonyl (C=O) groups is 1. The first-order valence-electron chi connectivity index (χ1n) is 6.60. The van der Waals surface area contributed by atoms with Crippen LogP contribution in [0.2, 0.25) is 0 Å². The van der Waals surface area contributed by atoms with Gasteiger partial charge in [0.2, 0.25) is 0 Å². The smallest absolute Gasteiger partial charge is 0.253 e. The highest BCUT2D eigenvalue weighted by Crippen LogP contribution is 2.27. The molecule has 2 atom stereocenters. The van der Waals surface area contributed by atoms with Gasteiger partial charge in [-0.2, -0.15) is 5.10 Å². The van der Waals surface area contributed by atoms with Crippen LogP contribution < -0.4 is 5.32 Å². The number of amides is 1. The zero-order valence-corrected chi connectivity index (χ0v) is 11.4. The Bertz CT molecular complexity index is 618. The van der Waals surface area contributed by atoms with Crippen molar-refractivity contribution in [2.75, 3.05) is 6.61 Å². The van der Waals surface area contributed by atoms with E-state index in [1.165, 1.54) is 0 Å². The summed E-state index contributed by atoms with van der Waals surface area (Å²) in [4.78, 5) is 19.5. The van der Waals surface area contributed by atoms with Gasteiger partial charge in [-0.05, 0) is 26.3 Å². The van der Waals surface area contributed by atoms with E-state index in [2.05, 4.69) is 25.5 Å². The molecular weight excluding hydrogens is 258 g/mol.